The van der Waals surface area contributed by atoms with Crippen molar-refractivity contribution in [2.45, 2.75) is 69.3 Å². The Hall–Kier alpha value is -4.00. The van der Waals surface area contributed by atoms with Crippen LogP contribution in [0.3, 0.4) is 0 Å². The van der Waals surface area contributed by atoms with Crippen molar-refractivity contribution >= 4 is 46.7 Å². The lowest BCUT2D eigenvalue weighted by molar-refractivity contribution is -0.149. The van der Waals surface area contributed by atoms with Gasteiger partial charge in [-0.1, -0.05) is 81.4 Å². The zero-order chi connectivity index (χ0) is 37.4. The molecule has 6 rings (SSSR count). The molecule has 0 unspecified atom stereocenters. The summed E-state index contributed by atoms with van der Waals surface area (Å²) in [6.07, 6.45) is 0.960. The summed E-state index contributed by atoms with van der Waals surface area (Å²) in [5, 5.41) is 3.06. The van der Waals surface area contributed by atoms with Crippen LogP contribution in [0.2, 0.25) is 0 Å². The number of fused-ring (bicyclic) bond motifs is 1. The Morgan fingerprint density at radius 1 is 0.981 bits per heavy atom. The summed E-state index contributed by atoms with van der Waals surface area (Å²) in [6.45, 7) is 7.74. The Labute approximate surface area is 304 Å². The van der Waals surface area contributed by atoms with Gasteiger partial charge in [0.2, 0.25) is 11.8 Å². The quantitative estimate of drug-likeness (QED) is 0.169. The fraction of sp³-hybridized carbons (Fsp3) is 0.395. The Bertz CT molecular complexity index is 2000. The average Bonchev–Trinajstić information content (AvgIpc) is 3.78. The number of amides is 3. The summed E-state index contributed by atoms with van der Waals surface area (Å²) in [5.74, 6) is -1.18. The first-order valence-electron chi connectivity index (χ1n) is 17.2. The molecule has 2 fully saturated rings. The molecule has 52 heavy (non-hydrogen) atoms. The third-order valence-electron chi connectivity index (χ3n) is 9.69. The maximum Gasteiger partial charge on any atom is 0.399 e. The van der Waals surface area contributed by atoms with Crippen LogP contribution in [0, 0.1) is 0 Å². The van der Waals surface area contributed by atoms with Gasteiger partial charge in [-0.3, -0.25) is 18.9 Å². The van der Waals surface area contributed by atoms with Gasteiger partial charge in [0, 0.05) is 29.8 Å². The molecule has 14 heteroatoms. The van der Waals surface area contributed by atoms with Crippen LogP contribution in [0.1, 0.15) is 71.6 Å². The standard InChI is InChI=1S/C38H42F2N3O7PS/c1-37(2,3)27-13-11-24(12-14-27)20-29(41-34(44)33-22-26-21-28(15-16-32(26)52-33)38(39,40)51(47,48)49)35(45)43-17-7-10-30(43)36(46)42-18-19-50-31(23-42)25-8-5-4-6-9-25/h4-6,8-9,11-16,21-22,29-31H,7,10,17-20,23H2,1-3H3,(H,41,44)(H2,47,48,49)/t29-,30-,31-/m0/s1. The Morgan fingerprint density at radius 3 is 2.35 bits per heavy atom. The van der Waals surface area contributed by atoms with E-state index in [9.17, 15) is 37.5 Å². The summed E-state index contributed by atoms with van der Waals surface area (Å²) in [6, 6.07) is 20.2. The smallest absolute Gasteiger partial charge is 0.370 e. The molecule has 0 aliphatic carbocycles. The van der Waals surface area contributed by atoms with E-state index >= 15 is 0 Å². The molecular weight excluding hydrogens is 711 g/mol. The molecule has 3 heterocycles. The fourth-order valence-corrected chi connectivity index (χ4v) is 8.16. The minimum atomic E-state index is -5.79. The van der Waals surface area contributed by atoms with Crippen LogP contribution in [0.4, 0.5) is 8.78 Å². The number of carbonyl (C=O) groups is 3. The van der Waals surface area contributed by atoms with E-state index in [-0.39, 0.29) is 34.1 Å². The van der Waals surface area contributed by atoms with Crippen molar-refractivity contribution in [3.63, 3.8) is 0 Å². The van der Waals surface area contributed by atoms with Gasteiger partial charge in [-0.15, -0.1) is 11.3 Å². The average molecular weight is 754 g/mol. The molecule has 0 spiro atoms. The number of hydrogen-bond acceptors (Lipinski definition) is 6. The lowest BCUT2D eigenvalue weighted by atomic mass is 9.86. The molecule has 10 nitrogen and oxygen atoms in total. The van der Waals surface area contributed by atoms with Crippen molar-refractivity contribution in [3.8, 4) is 0 Å². The second kappa shape index (κ2) is 14.8. The van der Waals surface area contributed by atoms with Crippen LogP contribution < -0.4 is 5.32 Å². The number of thiophene rings is 1. The summed E-state index contributed by atoms with van der Waals surface area (Å²) in [7, 11) is -5.79. The molecule has 276 valence electrons. The van der Waals surface area contributed by atoms with E-state index in [2.05, 4.69) is 26.1 Å². The van der Waals surface area contributed by atoms with Crippen LogP contribution in [-0.4, -0.2) is 75.6 Å². The molecule has 1 aromatic heterocycles. The first-order valence-corrected chi connectivity index (χ1v) is 19.6. The minimum absolute atomic E-state index is 0.0968. The van der Waals surface area contributed by atoms with Crippen molar-refractivity contribution in [1.29, 1.82) is 0 Å². The van der Waals surface area contributed by atoms with E-state index in [1.807, 2.05) is 54.6 Å². The Kier molecular flexibility index (Phi) is 10.7. The van der Waals surface area contributed by atoms with Crippen LogP contribution in [-0.2, 0) is 36.4 Å². The molecule has 2 saturated heterocycles. The largest absolute Gasteiger partial charge is 0.399 e. The summed E-state index contributed by atoms with van der Waals surface area (Å²) in [5.41, 5.74) is -2.51. The highest BCUT2D eigenvalue weighted by molar-refractivity contribution is 7.52. The van der Waals surface area contributed by atoms with E-state index in [0.717, 1.165) is 40.2 Å². The molecule has 0 bridgehead atoms. The van der Waals surface area contributed by atoms with Crippen LogP contribution in [0.15, 0.2) is 78.9 Å². The summed E-state index contributed by atoms with van der Waals surface area (Å²) in [4.78, 5) is 64.0. The van der Waals surface area contributed by atoms with Crippen molar-refractivity contribution < 1.29 is 42.3 Å². The van der Waals surface area contributed by atoms with Crippen LogP contribution in [0.25, 0.3) is 10.1 Å². The molecular formula is C38H42F2N3O7PS. The number of benzene rings is 3. The highest BCUT2D eigenvalue weighted by Crippen LogP contribution is 2.59. The van der Waals surface area contributed by atoms with Gasteiger partial charge >= 0.3 is 13.3 Å². The number of ether oxygens (including phenoxy) is 1. The van der Waals surface area contributed by atoms with Crippen molar-refractivity contribution in [2.24, 2.45) is 0 Å². The normalized spacial score (nSPS) is 19.1. The zero-order valence-corrected chi connectivity index (χ0v) is 30.8. The van der Waals surface area contributed by atoms with E-state index < -0.39 is 42.7 Å². The molecule has 3 amide bonds. The maximum atomic E-state index is 14.5. The molecule has 3 aromatic carbocycles. The zero-order valence-electron chi connectivity index (χ0n) is 29.1. The maximum absolute atomic E-state index is 14.5. The van der Waals surface area contributed by atoms with E-state index in [1.54, 1.807) is 9.80 Å². The van der Waals surface area contributed by atoms with E-state index in [0.29, 0.717) is 43.8 Å². The molecule has 2 aliphatic heterocycles. The second-order valence-corrected chi connectivity index (χ2v) is 17.1. The number of alkyl halides is 2. The number of morpholine rings is 1. The van der Waals surface area contributed by atoms with Crippen LogP contribution in [0.5, 0.6) is 0 Å². The Balaban J connectivity index is 1.25. The SMILES string of the molecule is CC(C)(C)c1ccc(C[C@H](NC(=O)c2cc3cc(C(F)(F)P(=O)(O)O)ccc3s2)C(=O)N2CCC[C@H]2C(=O)N2CCO[C@H](c3ccccc3)C2)cc1. The topological polar surface area (TPSA) is 136 Å². The number of nitrogens with one attached hydrogen (secondary N) is 1. The molecule has 4 aromatic rings. The first-order chi connectivity index (χ1) is 24.5. The molecule has 3 N–H and O–H groups in total. The van der Waals surface area contributed by atoms with Gasteiger partial charge in [-0.05, 0) is 58.5 Å². The number of halogens is 2. The monoisotopic (exact) mass is 753 g/mol. The van der Waals surface area contributed by atoms with Gasteiger partial charge in [-0.25, -0.2) is 0 Å². The lowest BCUT2D eigenvalue weighted by Gasteiger charge is -2.37. The molecule has 3 atom stereocenters. The molecule has 2 aliphatic rings. The highest BCUT2D eigenvalue weighted by Gasteiger charge is 2.50. The highest BCUT2D eigenvalue weighted by atomic mass is 32.1. The van der Waals surface area contributed by atoms with Crippen molar-refractivity contribution in [3.05, 3.63) is 106 Å². The number of carbonyl (C=O) groups excluding carboxylic acids is 3. The second-order valence-electron chi connectivity index (χ2n) is 14.4. The van der Waals surface area contributed by atoms with Gasteiger partial charge in [-0.2, -0.15) is 8.78 Å². The van der Waals surface area contributed by atoms with Gasteiger partial charge < -0.3 is 29.6 Å². The number of nitrogens with zero attached hydrogens (tertiary/aromatic N) is 2. The Morgan fingerprint density at radius 2 is 1.67 bits per heavy atom. The van der Waals surface area contributed by atoms with E-state index in [4.69, 9.17) is 4.74 Å². The van der Waals surface area contributed by atoms with Gasteiger partial charge in [0.15, 0.2) is 0 Å². The van der Waals surface area contributed by atoms with E-state index in [1.165, 1.54) is 12.1 Å². The predicted octanol–water partition coefficient (Wildman–Crippen LogP) is 6.36. The van der Waals surface area contributed by atoms with Gasteiger partial charge in [0.25, 0.3) is 5.91 Å². The first kappa shape index (κ1) is 37.7. The molecule has 0 saturated carbocycles. The van der Waals surface area contributed by atoms with Crippen molar-refractivity contribution in [1.82, 2.24) is 15.1 Å². The fourth-order valence-electron chi connectivity index (χ4n) is 6.73. The summed E-state index contributed by atoms with van der Waals surface area (Å²) >= 11 is 1.00. The number of likely N-dealkylation sites (tertiary alicyclic amines) is 1. The van der Waals surface area contributed by atoms with Crippen LogP contribution >= 0.6 is 18.9 Å². The third kappa shape index (κ3) is 7.99. The van der Waals surface area contributed by atoms with Gasteiger partial charge in [0.05, 0.1) is 18.0 Å². The third-order valence-corrected chi connectivity index (χ3v) is 11.8. The lowest BCUT2D eigenvalue weighted by Crippen LogP contribution is -2.56. The van der Waals surface area contributed by atoms with Gasteiger partial charge in [0.1, 0.15) is 18.2 Å². The van der Waals surface area contributed by atoms with Crippen molar-refractivity contribution in [2.75, 3.05) is 26.2 Å². The molecule has 0 radical (unpaired) electrons. The summed E-state index contributed by atoms with van der Waals surface area (Å²) < 4.78 is 46.8. The number of rotatable bonds is 9. The minimum Gasteiger partial charge on any atom is -0.370 e. The predicted molar refractivity (Wildman–Crippen MR) is 194 cm³/mol. The number of hydrogen-bond donors (Lipinski definition) is 3.